The van der Waals surface area contributed by atoms with Crippen molar-refractivity contribution < 1.29 is 14.7 Å². The van der Waals surface area contributed by atoms with Gasteiger partial charge in [0.15, 0.2) is 0 Å². The number of rotatable bonds is 6. The molecule has 7 nitrogen and oxygen atoms in total. The summed E-state index contributed by atoms with van der Waals surface area (Å²) in [5, 5.41) is 16.9. The van der Waals surface area contributed by atoms with Gasteiger partial charge < -0.3 is 14.8 Å². The second-order valence-corrected chi connectivity index (χ2v) is 4.92. The molecule has 0 aliphatic rings. The van der Waals surface area contributed by atoms with Gasteiger partial charge in [-0.25, -0.2) is 4.68 Å². The molecule has 0 spiro atoms. The van der Waals surface area contributed by atoms with Crippen LogP contribution in [0.5, 0.6) is 0 Å². The topological polar surface area (TPSA) is 88.3 Å². The molecule has 0 aliphatic heterocycles. The van der Waals surface area contributed by atoms with Gasteiger partial charge in [-0.15, -0.1) is 5.10 Å². The van der Waals surface area contributed by atoms with E-state index < -0.39 is 11.9 Å². The Bertz CT molecular complexity index is 651. The molecule has 2 rings (SSSR count). The van der Waals surface area contributed by atoms with E-state index in [9.17, 15) is 9.59 Å². The van der Waals surface area contributed by atoms with Gasteiger partial charge in [0.1, 0.15) is 12.2 Å². The molecule has 0 radical (unpaired) electrons. The number of carbonyl (C=O) groups excluding carboxylic acids is 1. The van der Waals surface area contributed by atoms with E-state index in [1.165, 1.54) is 0 Å². The van der Waals surface area contributed by atoms with Gasteiger partial charge in [-0.3, -0.25) is 4.79 Å². The first-order chi connectivity index (χ1) is 10.0. The number of benzene rings is 1. The molecule has 1 N–H and O–H groups in total. The van der Waals surface area contributed by atoms with Crippen molar-refractivity contribution in [2.75, 3.05) is 14.1 Å². The third-order valence-corrected chi connectivity index (χ3v) is 2.97. The SMILES string of the molecule is CN(C)Cc1cnnn1-c1cccc(C(C=O)C(=O)O)c1. The molecule has 1 atom stereocenters. The fourth-order valence-electron chi connectivity index (χ4n) is 2.03. The van der Waals surface area contributed by atoms with Crippen LogP contribution in [0.2, 0.25) is 0 Å². The van der Waals surface area contributed by atoms with E-state index in [0.29, 0.717) is 24.1 Å². The van der Waals surface area contributed by atoms with E-state index in [2.05, 4.69) is 10.3 Å². The minimum Gasteiger partial charge on any atom is -0.480 e. The number of aromatic nitrogens is 3. The number of aldehydes is 1. The molecule has 21 heavy (non-hydrogen) atoms. The number of carbonyl (C=O) groups is 2. The highest BCUT2D eigenvalue weighted by molar-refractivity contribution is 5.93. The zero-order chi connectivity index (χ0) is 15.4. The zero-order valence-corrected chi connectivity index (χ0v) is 11.8. The summed E-state index contributed by atoms with van der Waals surface area (Å²) in [5.41, 5.74) is 1.96. The van der Waals surface area contributed by atoms with Crippen LogP contribution in [-0.4, -0.2) is 51.4 Å². The molecule has 0 aliphatic carbocycles. The maximum absolute atomic E-state index is 11.1. The first kappa shape index (κ1) is 14.9. The lowest BCUT2D eigenvalue weighted by Gasteiger charge is -2.12. The van der Waals surface area contributed by atoms with Crippen LogP contribution in [0, 0.1) is 0 Å². The zero-order valence-electron chi connectivity index (χ0n) is 11.8. The summed E-state index contributed by atoms with van der Waals surface area (Å²) in [4.78, 5) is 24.0. The van der Waals surface area contributed by atoms with Gasteiger partial charge in [-0.1, -0.05) is 17.3 Å². The Morgan fingerprint density at radius 3 is 2.86 bits per heavy atom. The number of hydrogen-bond donors (Lipinski definition) is 1. The number of hydrogen-bond acceptors (Lipinski definition) is 5. The van der Waals surface area contributed by atoms with Crippen LogP contribution < -0.4 is 0 Å². The average molecular weight is 288 g/mol. The predicted octanol–water partition coefficient (Wildman–Crippen LogP) is 0.696. The van der Waals surface area contributed by atoms with Crippen LogP contribution in [0.15, 0.2) is 30.5 Å². The second kappa shape index (κ2) is 6.27. The lowest BCUT2D eigenvalue weighted by Crippen LogP contribution is -2.15. The van der Waals surface area contributed by atoms with Crippen molar-refractivity contribution in [1.29, 1.82) is 0 Å². The van der Waals surface area contributed by atoms with E-state index in [1.807, 2.05) is 19.0 Å². The third kappa shape index (κ3) is 3.32. The lowest BCUT2D eigenvalue weighted by molar-refractivity contribution is -0.140. The minimum atomic E-state index is -1.18. The lowest BCUT2D eigenvalue weighted by atomic mass is 10.0. The number of nitrogens with zero attached hydrogens (tertiary/aromatic N) is 4. The molecule has 0 fully saturated rings. The van der Waals surface area contributed by atoms with E-state index >= 15 is 0 Å². The molecule has 2 aromatic rings. The van der Waals surface area contributed by atoms with Crippen molar-refractivity contribution in [3.63, 3.8) is 0 Å². The van der Waals surface area contributed by atoms with Crippen molar-refractivity contribution >= 4 is 12.3 Å². The van der Waals surface area contributed by atoms with Gasteiger partial charge in [0.2, 0.25) is 0 Å². The molecule has 7 heteroatoms. The van der Waals surface area contributed by atoms with Crippen LogP contribution in [0.3, 0.4) is 0 Å². The van der Waals surface area contributed by atoms with E-state index in [1.54, 1.807) is 35.1 Å². The molecule has 1 heterocycles. The first-order valence-electron chi connectivity index (χ1n) is 6.35. The summed E-state index contributed by atoms with van der Waals surface area (Å²) in [6, 6.07) is 6.74. The van der Waals surface area contributed by atoms with Gasteiger partial charge in [-0.05, 0) is 31.8 Å². The maximum Gasteiger partial charge on any atom is 0.318 e. The number of aliphatic carboxylic acids is 1. The van der Waals surface area contributed by atoms with Crippen LogP contribution >= 0.6 is 0 Å². The van der Waals surface area contributed by atoms with Crippen molar-refractivity contribution in [3.8, 4) is 5.69 Å². The van der Waals surface area contributed by atoms with Crippen molar-refractivity contribution in [2.45, 2.75) is 12.5 Å². The van der Waals surface area contributed by atoms with Crippen LogP contribution in [0.1, 0.15) is 17.2 Å². The average Bonchev–Trinajstić information content (AvgIpc) is 2.86. The Hall–Kier alpha value is -2.54. The van der Waals surface area contributed by atoms with Gasteiger partial charge in [0.05, 0.1) is 17.6 Å². The molecule has 1 aromatic heterocycles. The quantitative estimate of drug-likeness (QED) is 0.621. The largest absolute Gasteiger partial charge is 0.480 e. The normalized spacial score (nSPS) is 12.3. The molecule has 0 bridgehead atoms. The fraction of sp³-hybridized carbons (Fsp3) is 0.286. The molecular weight excluding hydrogens is 272 g/mol. The van der Waals surface area contributed by atoms with E-state index in [-0.39, 0.29) is 0 Å². The summed E-state index contributed by atoms with van der Waals surface area (Å²) in [6.45, 7) is 0.646. The Morgan fingerprint density at radius 2 is 2.24 bits per heavy atom. The highest BCUT2D eigenvalue weighted by Gasteiger charge is 2.19. The summed E-state index contributed by atoms with van der Waals surface area (Å²) in [6.07, 6.45) is 2.07. The Morgan fingerprint density at radius 1 is 1.48 bits per heavy atom. The van der Waals surface area contributed by atoms with Crippen molar-refractivity contribution in [1.82, 2.24) is 19.9 Å². The number of carboxylic acids is 1. The van der Waals surface area contributed by atoms with Crippen LogP contribution in [0.4, 0.5) is 0 Å². The predicted molar refractivity (Wildman–Crippen MR) is 75.2 cm³/mol. The van der Waals surface area contributed by atoms with Crippen LogP contribution in [-0.2, 0) is 16.1 Å². The Balaban J connectivity index is 2.40. The summed E-state index contributed by atoms with van der Waals surface area (Å²) >= 11 is 0. The van der Waals surface area contributed by atoms with Gasteiger partial charge in [-0.2, -0.15) is 0 Å². The maximum atomic E-state index is 11.1. The molecule has 1 aromatic carbocycles. The Kier molecular flexibility index (Phi) is 4.44. The molecule has 0 saturated heterocycles. The molecule has 0 amide bonds. The second-order valence-electron chi connectivity index (χ2n) is 4.92. The summed E-state index contributed by atoms with van der Waals surface area (Å²) in [7, 11) is 3.86. The van der Waals surface area contributed by atoms with E-state index in [0.717, 1.165) is 5.69 Å². The third-order valence-electron chi connectivity index (χ3n) is 2.97. The molecule has 0 saturated carbocycles. The van der Waals surface area contributed by atoms with Gasteiger partial charge in [0.25, 0.3) is 0 Å². The molecule has 110 valence electrons. The monoisotopic (exact) mass is 288 g/mol. The highest BCUT2D eigenvalue weighted by Crippen LogP contribution is 2.19. The standard InChI is InChI=1S/C14H16N4O3/c1-17(2)8-12-7-15-16-18(12)11-5-3-4-10(6-11)13(9-19)14(20)21/h3-7,9,13H,8H2,1-2H3,(H,20,21). The smallest absolute Gasteiger partial charge is 0.318 e. The summed E-state index contributed by atoms with van der Waals surface area (Å²) in [5.74, 6) is -2.35. The highest BCUT2D eigenvalue weighted by atomic mass is 16.4. The van der Waals surface area contributed by atoms with Gasteiger partial charge >= 0.3 is 5.97 Å². The summed E-state index contributed by atoms with van der Waals surface area (Å²) < 4.78 is 1.63. The Labute approximate surface area is 121 Å². The van der Waals surface area contributed by atoms with E-state index in [4.69, 9.17) is 5.11 Å². The van der Waals surface area contributed by atoms with Crippen LogP contribution in [0.25, 0.3) is 5.69 Å². The number of carboxylic acid groups (broad SMARTS) is 1. The molecule has 1 unspecified atom stereocenters. The van der Waals surface area contributed by atoms with Gasteiger partial charge in [0, 0.05) is 6.54 Å². The first-order valence-corrected chi connectivity index (χ1v) is 6.35. The van der Waals surface area contributed by atoms with Crippen molar-refractivity contribution in [2.24, 2.45) is 0 Å². The molecular formula is C14H16N4O3. The fourth-order valence-corrected chi connectivity index (χ4v) is 2.03. The minimum absolute atomic E-state index is 0.418. The van der Waals surface area contributed by atoms with Crippen molar-refractivity contribution in [3.05, 3.63) is 41.7 Å².